The van der Waals surface area contributed by atoms with Crippen molar-refractivity contribution in [2.45, 2.75) is 11.7 Å². The van der Waals surface area contributed by atoms with Crippen LogP contribution < -0.4 is 4.90 Å². The summed E-state index contributed by atoms with van der Waals surface area (Å²) in [4.78, 5) is 17.3. The fourth-order valence-corrected chi connectivity index (χ4v) is 3.99. The van der Waals surface area contributed by atoms with Crippen molar-refractivity contribution in [3.05, 3.63) is 23.2 Å². The number of fused-ring (bicyclic) bond motifs is 1. The molecule has 9 heteroatoms. The van der Waals surface area contributed by atoms with Crippen LogP contribution in [0.25, 0.3) is 10.2 Å². The molecule has 20 heavy (non-hydrogen) atoms. The van der Waals surface area contributed by atoms with Gasteiger partial charge in [-0.15, -0.1) is 3.89 Å². The first-order valence-electron chi connectivity index (χ1n) is 5.64. The fourth-order valence-electron chi connectivity index (χ4n) is 2.05. The third-order valence-electron chi connectivity index (χ3n) is 3.06. The monoisotopic (exact) mass is 334 g/mol. The Morgan fingerprint density at radius 3 is 2.85 bits per heavy atom. The Morgan fingerprint density at radius 2 is 2.20 bits per heavy atom. The second kappa shape index (κ2) is 4.64. The highest BCUT2D eigenvalue weighted by Crippen LogP contribution is 2.33. The SMILES string of the molecule is O=C1CC(S(=O)(=O)F)CN1c1nc2ccc(Cl)cc2s1. The van der Waals surface area contributed by atoms with Crippen LogP contribution >= 0.6 is 22.9 Å². The van der Waals surface area contributed by atoms with Gasteiger partial charge in [-0.2, -0.15) is 8.42 Å². The normalized spacial score (nSPS) is 20.0. The number of nitrogens with zero attached hydrogens (tertiary/aromatic N) is 2. The van der Waals surface area contributed by atoms with Gasteiger partial charge in [0, 0.05) is 18.0 Å². The molecule has 0 spiro atoms. The van der Waals surface area contributed by atoms with Crippen molar-refractivity contribution in [3.8, 4) is 0 Å². The number of halogens is 2. The zero-order valence-electron chi connectivity index (χ0n) is 9.92. The number of amides is 1. The van der Waals surface area contributed by atoms with Crippen molar-refractivity contribution < 1.29 is 17.1 Å². The van der Waals surface area contributed by atoms with Crippen LogP contribution in [-0.4, -0.2) is 31.1 Å². The molecule has 3 rings (SSSR count). The Labute approximate surface area is 123 Å². The summed E-state index contributed by atoms with van der Waals surface area (Å²) in [7, 11) is -4.72. The summed E-state index contributed by atoms with van der Waals surface area (Å²) < 4.78 is 35.5. The van der Waals surface area contributed by atoms with Gasteiger partial charge in [0.2, 0.25) is 5.91 Å². The van der Waals surface area contributed by atoms with Gasteiger partial charge in [0.1, 0.15) is 5.25 Å². The van der Waals surface area contributed by atoms with Crippen molar-refractivity contribution in [2.24, 2.45) is 0 Å². The van der Waals surface area contributed by atoms with Crippen LogP contribution in [0.4, 0.5) is 9.02 Å². The Balaban J connectivity index is 1.97. The predicted octanol–water partition coefficient (Wildman–Crippen LogP) is 2.35. The lowest BCUT2D eigenvalue weighted by Gasteiger charge is -2.11. The number of anilines is 1. The number of benzene rings is 1. The lowest BCUT2D eigenvalue weighted by Crippen LogP contribution is -2.26. The molecule has 0 saturated carbocycles. The molecular formula is C11H8ClFN2O3S2. The van der Waals surface area contributed by atoms with Gasteiger partial charge in [-0.05, 0) is 18.2 Å². The topological polar surface area (TPSA) is 67.3 Å². The highest BCUT2D eigenvalue weighted by atomic mass is 35.5. The fraction of sp³-hybridized carbons (Fsp3) is 0.273. The molecule has 0 radical (unpaired) electrons. The first kappa shape index (κ1) is 13.7. The van der Waals surface area contributed by atoms with Crippen molar-refractivity contribution in [3.63, 3.8) is 0 Å². The van der Waals surface area contributed by atoms with Gasteiger partial charge in [-0.1, -0.05) is 22.9 Å². The summed E-state index contributed by atoms with van der Waals surface area (Å²) in [6, 6.07) is 5.09. The second-order valence-electron chi connectivity index (χ2n) is 4.41. The average Bonchev–Trinajstić information content (AvgIpc) is 2.90. The maximum atomic E-state index is 13.0. The Bertz CT molecular complexity index is 805. The van der Waals surface area contributed by atoms with Gasteiger partial charge in [-0.25, -0.2) is 4.98 Å². The van der Waals surface area contributed by atoms with Gasteiger partial charge in [-0.3, -0.25) is 9.69 Å². The summed E-state index contributed by atoms with van der Waals surface area (Å²) >= 11 is 7.09. The summed E-state index contributed by atoms with van der Waals surface area (Å²) in [5.41, 5.74) is 0.661. The minimum atomic E-state index is -4.72. The van der Waals surface area contributed by atoms with E-state index in [0.29, 0.717) is 15.7 Å². The molecule has 2 aromatic rings. The lowest BCUT2D eigenvalue weighted by molar-refractivity contribution is -0.117. The summed E-state index contributed by atoms with van der Waals surface area (Å²) in [6.45, 7) is -0.203. The Kier molecular flexibility index (Phi) is 3.19. The van der Waals surface area contributed by atoms with E-state index in [-0.39, 0.29) is 13.0 Å². The van der Waals surface area contributed by atoms with Crippen molar-refractivity contribution in [2.75, 3.05) is 11.4 Å². The molecule has 0 bridgehead atoms. The van der Waals surface area contributed by atoms with E-state index >= 15 is 0 Å². The highest BCUT2D eigenvalue weighted by Gasteiger charge is 2.40. The van der Waals surface area contributed by atoms with E-state index in [1.54, 1.807) is 18.2 Å². The minimum absolute atomic E-state index is 0.203. The van der Waals surface area contributed by atoms with E-state index in [2.05, 4.69) is 4.98 Å². The lowest BCUT2D eigenvalue weighted by atomic mass is 10.3. The smallest absolute Gasteiger partial charge is 0.287 e. The zero-order chi connectivity index (χ0) is 14.5. The van der Waals surface area contributed by atoms with E-state index in [4.69, 9.17) is 11.6 Å². The van der Waals surface area contributed by atoms with Crippen LogP contribution in [0.2, 0.25) is 5.02 Å². The third-order valence-corrected chi connectivity index (χ3v) is 5.45. The number of carbonyl (C=O) groups is 1. The van der Waals surface area contributed by atoms with E-state index < -0.39 is 21.4 Å². The van der Waals surface area contributed by atoms with Gasteiger partial charge in [0.15, 0.2) is 5.13 Å². The first-order valence-corrected chi connectivity index (χ1v) is 8.28. The molecule has 1 aliphatic heterocycles. The quantitative estimate of drug-likeness (QED) is 0.791. The number of thiazole rings is 1. The standard InChI is InChI=1S/C11H8ClFN2O3S2/c12-6-1-2-8-9(3-6)19-11(14-8)15-5-7(4-10(15)16)20(13,17)18/h1-3,7H,4-5H2. The molecule has 0 N–H and O–H groups in total. The number of hydrogen-bond donors (Lipinski definition) is 0. The van der Waals surface area contributed by atoms with Crippen LogP contribution in [0, 0.1) is 0 Å². The molecule has 1 atom stereocenters. The van der Waals surface area contributed by atoms with Crippen molar-refractivity contribution >= 4 is 54.4 Å². The summed E-state index contributed by atoms with van der Waals surface area (Å²) in [5.74, 6) is -0.443. The maximum absolute atomic E-state index is 13.0. The molecule has 1 fully saturated rings. The van der Waals surface area contributed by atoms with Crippen LogP contribution in [-0.2, 0) is 15.0 Å². The molecule has 0 aliphatic carbocycles. The van der Waals surface area contributed by atoms with E-state index in [0.717, 1.165) is 4.70 Å². The molecule has 2 heterocycles. The largest absolute Gasteiger partial charge is 0.307 e. The van der Waals surface area contributed by atoms with E-state index in [9.17, 15) is 17.1 Å². The second-order valence-corrected chi connectivity index (χ2v) is 7.48. The van der Waals surface area contributed by atoms with E-state index in [1.165, 1.54) is 16.2 Å². The number of aromatic nitrogens is 1. The minimum Gasteiger partial charge on any atom is -0.287 e. The van der Waals surface area contributed by atoms with Gasteiger partial charge in [0.25, 0.3) is 0 Å². The molecule has 1 saturated heterocycles. The number of carbonyl (C=O) groups excluding carboxylic acids is 1. The number of hydrogen-bond acceptors (Lipinski definition) is 5. The molecular weight excluding hydrogens is 327 g/mol. The van der Waals surface area contributed by atoms with Crippen LogP contribution in [0.5, 0.6) is 0 Å². The number of rotatable bonds is 2. The first-order chi connectivity index (χ1) is 9.34. The summed E-state index contributed by atoms with van der Waals surface area (Å²) in [6.07, 6.45) is -0.352. The highest BCUT2D eigenvalue weighted by molar-refractivity contribution is 7.87. The molecule has 1 aliphatic rings. The van der Waals surface area contributed by atoms with E-state index in [1.807, 2.05) is 0 Å². The van der Waals surface area contributed by atoms with Gasteiger partial charge >= 0.3 is 10.2 Å². The molecule has 1 amide bonds. The summed E-state index contributed by atoms with van der Waals surface area (Å²) in [5, 5.41) is -0.409. The van der Waals surface area contributed by atoms with Crippen LogP contribution in [0.1, 0.15) is 6.42 Å². The molecule has 1 unspecified atom stereocenters. The molecule has 1 aromatic carbocycles. The van der Waals surface area contributed by atoms with Gasteiger partial charge in [0.05, 0.1) is 10.2 Å². The van der Waals surface area contributed by atoms with Crippen molar-refractivity contribution in [1.29, 1.82) is 0 Å². The molecule has 5 nitrogen and oxygen atoms in total. The maximum Gasteiger partial charge on any atom is 0.307 e. The van der Waals surface area contributed by atoms with Crippen LogP contribution in [0.15, 0.2) is 18.2 Å². The van der Waals surface area contributed by atoms with Crippen LogP contribution in [0.3, 0.4) is 0 Å². The van der Waals surface area contributed by atoms with Crippen molar-refractivity contribution in [1.82, 2.24) is 4.98 Å². The Morgan fingerprint density at radius 1 is 1.45 bits per heavy atom. The zero-order valence-corrected chi connectivity index (χ0v) is 12.3. The predicted molar refractivity (Wildman–Crippen MR) is 75.4 cm³/mol. The average molecular weight is 335 g/mol. The third kappa shape index (κ3) is 2.38. The molecule has 106 valence electrons. The Hall–Kier alpha value is -1.25. The van der Waals surface area contributed by atoms with Gasteiger partial charge < -0.3 is 0 Å². The molecule has 1 aromatic heterocycles.